The Morgan fingerprint density at radius 2 is 1.85 bits per heavy atom. The lowest BCUT2D eigenvalue weighted by atomic mass is 10.2. The molecule has 0 bridgehead atoms. The van der Waals surface area contributed by atoms with Crippen LogP contribution in [-0.4, -0.2) is 20.1 Å². The lowest BCUT2D eigenvalue weighted by molar-refractivity contribution is 0.431. The van der Waals surface area contributed by atoms with E-state index in [-0.39, 0.29) is 17.3 Å². The van der Waals surface area contributed by atoms with Crippen LogP contribution >= 0.6 is 11.6 Å². The molecule has 0 aliphatic heterocycles. The Bertz CT molecular complexity index is 1080. The molecule has 0 fully saturated rings. The van der Waals surface area contributed by atoms with Crippen LogP contribution in [0.1, 0.15) is 5.56 Å². The van der Waals surface area contributed by atoms with E-state index >= 15 is 0 Å². The zero-order valence-electron chi connectivity index (χ0n) is 13.9. The lowest BCUT2D eigenvalue weighted by Crippen LogP contribution is -2.04. The van der Waals surface area contributed by atoms with Crippen molar-refractivity contribution >= 4 is 17.4 Å². The van der Waals surface area contributed by atoms with Crippen molar-refractivity contribution in [3.63, 3.8) is 0 Å². The van der Waals surface area contributed by atoms with E-state index in [4.69, 9.17) is 16.1 Å². The van der Waals surface area contributed by atoms with E-state index in [2.05, 4.69) is 25.4 Å². The summed E-state index contributed by atoms with van der Waals surface area (Å²) in [5.74, 6) is 0.430. The number of nitrogens with zero attached hydrogens (tertiary/aromatic N) is 4. The number of hydrogen-bond donors (Lipinski definition) is 1. The van der Waals surface area contributed by atoms with Crippen molar-refractivity contribution in [2.45, 2.75) is 6.54 Å². The van der Waals surface area contributed by atoms with Gasteiger partial charge in [-0.15, -0.1) is 0 Å². The zero-order valence-corrected chi connectivity index (χ0v) is 14.7. The maximum absolute atomic E-state index is 13.9. The van der Waals surface area contributed by atoms with Crippen molar-refractivity contribution in [2.75, 3.05) is 5.32 Å². The summed E-state index contributed by atoms with van der Waals surface area (Å²) in [4.78, 5) is 12.5. The highest BCUT2D eigenvalue weighted by Gasteiger charge is 2.17. The molecule has 4 aromatic rings. The Morgan fingerprint density at radius 1 is 1.04 bits per heavy atom. The average molecular weight is 382 g/mol. The molecule has 2 aromatic carbocycles. The molecule has 0 atom stereocenters. The fourth-order valence-corrected chi connectivity index (χ4v) is 2.74. The van der Waals surface area contributed by atoms with E-state index < -0.39 is 5.82 Å². The number of aromatic nitrogens is 4. The maximum Gasteiger partial charge on any atom is 0.263 e. The Morgan fingerprint density at radius 3 is 2.70 bits per heavy atom. The van der Waals surface area contributed by atoms with Crippen LogP contribution in [0, 0.1) is 5.82 Å². The highest BCUT2D eigenvalue weighted by atomic mass is 35.5. The van der Waals surface area contributed by atoms with Gasteiger partial charge in [0.15, 0.2) is 0 Å². The van der Waals surface area contributed by atoms with E-state index in [0.717, 1.165) is 5.56 Å². The summed E-state index contributed by atoms with van der Waals surface area (Å²) >= 11 is 6.18. The third-order valence-electron chi connectivity index (χ3n) is 3.89. The number of halogens is 2. The highest BCUT2D eigenvalue weighted by molar-refractivity contribution is 6.31. The van der Waals surface area contributed by atoms with E-state index in [1.165, 1.54) is 12.4 Å². The molecule has 6 nitrogen and oxygen atoms in total. The molecular formula is C19H13ClFN5O. The Labute approximate surface area is 159 Å². The van der Waals surface area contributed by atoms with E-state index in [1.54, 1.807) is 24.4 Å². The number of hydrogen-bond acceptors (Lipinski definition) is 6. The van der Waals surface area contributed by atoms with Crippen molar-refractivity contribution in [3.05, 3.63) is 77.5 Å². The molecule has 0 unspecified atom stereocenters. The molecule has 134 valence electrons. The molecule has 4 rings (SSSR count). The molecule has 0 amide bonds. The normalized spacial score (nSPS) is 10.7. The topological polar surface area (TPSA) is 76.7 Å². The van der Waals surface area contributed by atoms with Gasteiger partial charge in [-0.2, -0.15) is 4.98 Å². The fraction of sp³-hybridized carbons (Fsp3) is 0.0526. The van der Waals surface area contributed by atoms with Crippen molar-refractivity contribution in [1.82, 2.24) is 20.1 Å². The van der Waals surface area contributed by atoms with E-state index in [1.807, 2.05) is 24.3 Å². The third-order valence-corrected chi connectivity index (χ3v) is 4.26. The minimum atomic E-state index is -0.425. The zero-order chi connectivity index (χ0) is 18.6. The van der Waals surface area contributed by atoms with Crippen molar-refractivity contribution < 1.29 is 8.91 Å². The van der Waals surface area contributed by atoms with Crippen LogP contribution in [0.2, 0.25) is 5.02 Å². The van der Waals surface area contributed by atoms with Gasteiger partial charge in [0.25, 0.3) is 5.89 Å². The van der Waals surface area contributed by atoms with Crippen molar-refractivity contribution in [3.8, 4) is 22.8 Å². The van der Waals surface area contributed by atoms with Gasteiger partial charge in [0.1, 0.15) is 23.5 Å². The van der Waals surface area contributed by atoms with Crippen LogP contribution in [0.15, 0.2) is 65.6 Å². The largest absolute Gasteiger partial charge is 0.365 e. The van der Waals surface area contributed by atoms with E-state index in [0.29, 0.717) is 22.9 Å². The molecule has 1 N–H and O–H groups in total. The lowest BCUT2D eigenvalue weighted by Gasteiger charge is -2.09. The van der Waals surface area contributed by atoms with Crippen LogP contribution in [0.5, 0.6) is 0 Å². The first kappa shape index (κ1) is 17.1. The number of rotatable bonds is 5. The first-order chi connectivity index (χ1) is 13.2. The smallest absolute Gasteiger partial charge is 0.263 e. The standard InChI is InChI=1S/C19H13ClFN5O/c20-15-7-3-1-5-12(15)9-23-17-14(10-22-11-24-17)19-25-18(26-27-19)13-6-2-4-8-16(13)21/h1-8,10-11H,9H2,(H,22,23,24). The predicted octanol–water partition coefficient (Wildman–Crippen LogP) is 4.60. The molecule has 2 aromatic heterocycles. The number of benzene rings is 2. The molecule has 0 radical (unpaired) electrons. The van der Waals surface area contributed by atoms with Gasteiger partial charge in [-0.25, -0.2) is 14.4 Å². The van der Waals surface area contributed by atoms with Crippen LogP contribution in [0.4, 0.5) is 10.2 Å². The summed E-state index contributed by atoms with van der Waals surface area (Å²) < 4.78 is 19.2. The molecular weight excluding hydrogens is 369 g/mol. The SMILES string of the molecule is Fc1ccccc1-c1noc(-c2cncnc2NCc2ccccc2Cl)n1. The summed E-state index contributed by atoms with van der Waals surface area (Å²) in [6.45, 7) is 0.456. The van der Waals surface area contributed by atoms with Crippen molar-refractivity contribution in [1.29, 1.82) is 0 Å². The Kier molecular flexibility index (Phi) is 4.76. The molecule has 0 aliphatic carbocycles. The second kappa shape index (κ2) is 7.51. The molecule has 0 saturated carbocycles. The van der Waals surface area contributed by atoms with Gasteiger partial charge in [-0.1, -0.05) is 47.1 Å². The van der Waals surface area contributed by atoms with Gasteiger partial charge >= 0.3 is 0 Å². The first-order valence-electron chi connectivity index (χ1n) is 8.08. The second-order valence-electron chi connectivity index (χ2n) is 5.63. The van der Waals surface area contributed by atoms with Crippen molar-refractivity contribution in [2.24, 2.45) is 0 Å². The molecule has 0 saturated heterocycles. The predicted molar refractivity (Wildman–Crippen MR) is 99.5 cm³/mol. The fourth-order valence-electron chi connectivity index (χ4n) is 2.53. The Balaban J connectivity index is 1.62. The quantitative estimate of drug-likeness (QED) is 0.544. The highest BCUT2D eigenvalue weighted by Crippen LogP contribution is 2.28. The summed E-state index contributed by atoms with van der Waals surface area (Å²) in [6.07, 6.45) is 2.97. The van der Waals surface area contributed by atoms with Crippen LogP contribution in [0.3, 0.4) is 0 Å². The summed E-state index contributed by atoms with van der Waals surface area (Å²) in [5.41, 5.74) is 1.69. The molecule has 0 spiro atoms. The van der Waals surface area contributed by atoms with Gasteiger partial charge in [0, 0.05) is 17.8 Å². The monoisotopic (exact) mass is 381 g/mol. The van der Waals surface area contributed by atoms with E-state index in [9.17, 15) is 4.39 Å². The first-order valence-corrected chi connectivity index (χ1v) is 8.46. The summed E-state index contributed by atoms with van der Waals surface area (Å²) in [5, 5.41) is 7.71. The summed E-state index contributed by atoms with van der Waals surface area (Å²) in [6, 6.07) is 13.7. The molecule has 0 aliphatic rings. The van der Waals surface area contributed by atoms with Crippen LogP contribution in [0.25, 0.3) is 22.8 Å². The maximum atomic E-state index is 13.9. The molecule has 8 heteroatoms. The van der Waals surface area contributed by atoms with Gasteiger partial charge in [0.05, 0.1) is 5.56 Å². The van der Waals surface area contributed by atoms with Gasteiger partial charge < -0.3 is 9.84 Å². The average Bonchev–Trinajstić information content (AvgIpc) is 3.18. The summed E-state index contributed by atoms with van der Waals surface area (Å²) in [7, 11) is 0. The minimum Gasteiger partial charge on any atom is -0.365 e. The molecule has 2 heterocycles. The second-order valence-corrected chi connectivity index (χ2v) is 6.04. The number of anilines is 1. The Hall–Kier alpha value is -3.32. The third kappa shape index (κ3) is 3.63. The van der Waals surface area contributed by atoms with Gasteiger partial charge in [0.2, 0.25) is 5.82 Å². The molecule has 27 heavy (non-hydrogen) atoms. The minimum absolute atomic E-state index is 0.156. The van der Waals surface area contributed by atoms with Gasteiger partial charge in [-0.3, -0.25) is 0 Å². The number of nitrogens with one attached hydrogen (secondary N) is 1. The van der Waals surface area contributed by atoms with Crippen LogP contribution in [-0.2, 0) is 6.54 Å². The van der Waals surface area contributed by atoms with Gasteiger partial charge in [-0.05, 0) is 23.8 Å². The van der Waals surface area contributed by atoms with Crippen LogP contribution < -0.4 is 5.32 Å².